The first-order valence-corrected chi connectivity index (χ1v) is 5.97. The van der Waals surface area contributed by atoms with Crippen LogP contribution in [0.5, 0.6) is 0 Å². The van der Waals surface area contributed by atoms with E-state index in [-0.39, 0.29) is 17.4 Å². The summed E-state index contributed by atoms with van der Waals surface area (Å²) in [6.07, 6.45) is 4.17. The molecule has 1 unspecified atom stereocenters. The molecule has 0 aliphatic carbocycles. The van der Waals surface area contributed by atoms with Crippen LogP contribution < -0.4 is 11.1 Å². The molecule has 1 amide bonds. The fourth-order valence-electron chi connectivity index (χ4n) is 1.43. The highest BCUT2D eigenvalue weighted by Gasteiger charge is 2.18. The minimum Gasteiger partial charge on any atom is -0.354 e. The van der Waals surface area contributed by atoms with Gasteiger partial charge in [0.25, 0.3) is 0 Å². The van der Waals surface area contributed by atoms with Crippen molar-refractivity contribution in [2.75, 3.05) is 6.54 Å². The Kier molecular flexibility index (Phi) is 6.57. The maximum atomic E-state index is 11.8. The Balaban J connectivity index is 3.94. The summed E-state index contributed by atoms with van der Waals surface area (Å²) in [5.41, 5.74) is 5.49. The van der Waals surface area contributed by atoms with E-state index < -0.39 is 0 Å². The van der Waals surface area contributed by atoms with Gasteiger partial charge in [-0.3, -0.25) is 4.79 Å². The third-order valence-electron chi connectivity index (χ3n) is 2.49. The number of amides is 1. The van der Waals surface area contributed by atoms with Crippen LogP contribution in [0.3, 0.4) is 0 Å². The van der Waals surface area contributed by atoms with Gasteiger partial charge >= 0.3 is 0 Å². The van der Waals surface area contributed by atoms with Crippen molar-refractivity contribution >= 4 is 5.91 Å². The molecule has 0 aromatic heterocycles. The van der Waals surface area contributed by atoms with Gasteiger partial charge in [-0.05, 0) is 26.7 Å². The SMILES string of the molecule is CCCCC(CC)C(=O)NCC(C)(C)N. The van der Waals surface area contributed by atoms with Crippen LogP contribution in [0.1, 0.15) is 53.4 Å². The molecule has 0 aliphatic heterocycles. The van der Waals surface area contributed by atoms with Crippen LogP contribution in [-0.4, -0.2) is 18.0 Å². The Morgan fingerprint density at radius 1 is 1.40 bits per heavy atom. The summed E-state index contributed by atoms with van der Waals surface area (Å²) in [6.45, 7) is 8.59. The first-order chi connectivity index (χ1) is 6.90. The molecule has 0 heterocycles. The van der Waals surface area contributed by atoms with Gasteiger partial charge < -0.3 is 11.1 Å². The monoisotopic (exact) mass is 214 g/mol. The van der Waals surface area contributed by atoms with Crippen molar-refractivity contribution in [3.63, 3.8) is 0 Å². The van der Waals surface area contributed by atoms with Crippen molar-refractivity contribution in [1.29, 1.82) is 0 Å². The van der Waals surface area contributed by atoms with Crippen LogP contribution in [0.2, 0.25) is 0 Å². The summed E-state index contributed by atoms with van der Waals surface area (Å²) >= 11 is 0. The predicted octanol–water partition coefficient (Wildman–Crippen LogP) is 2.06. The zero-order valence-electron chi connectivity index (χ0n) is 10.6. The molecule has 0 bridgehead atoms. The Morgan fingerprint density at radius 3 is 2.40 bits per heavy atom. The fraction of sp³-hybridized carbons (Fsp3) is 0.917. The molecule has 0 aromatic carbocycles. The molecular formula is C12H26N2O. The van der Waals surface area contributed by atoms with Gasteiger partial charge in [-0.2, -0.15) is 0 Å². The second-order valence-corrected chi connectivity index (χ2v) is 4.95. The Labute approximate surface area is 93.8 Å². The Morgan fingerprint density at radius 2 is 2.00 bits per heavy atom. The Hall–Kier alpha value is -0.570. The van der Waals surface area contributed by atoms with E-state index in [1.807, 2.05) is 13.8 Å². The molecule has 0 saturated heterocycles. The Bertz CT molecular complexity index is 185. The summed E-state index contributed by atoms with van der Waals surface area (Å²) in [5, 5.41) is 2.92. The highest BCUT2D eigenvalue weighted by atomic mass is 16.1. The molecule has 0 radical (unpaired) electrons. The maximum absolute atomic E-state index is 11.8. The first kappa shape index (κ1) is 14.4. The van der Waals surface area contributed by atoms with E-state index in [0.717, 1.165) is 25.7 Å². The van der Waals surface area contributed by atoms with E-state index in [2.05, 4.69) is 19.2 Å². The molecule has 0 saturated carbocycles. The second-order valence-electron chi connectivity index (χ2n) is 4.95. The molecule has 3 N–H and O–H groups in total. The maximum Gasteiger partial charge on any atom is 0.223 e. The van der Waals surface area contributed by atoms with E-state index in [9.17, 15) is 4.79 Å². The summed E-state index contributed by atoms with van der Waals surface area (Å²) < 4.78 is 0. The van der Waals surface area contributed by atoms with Gasteiger partial charge in [-0.25, -0.2) is 0 Å². The highest BCUT2D eigenvalue weighted by molar-refractivity contribution is 5.78. The zero-order valence-corrected chi connectivity index (χ0v) is 10.6. The molecule has 90 valence electrons. The second kappa shape index (κ2) is 6.83. The summed E-state index contributed by atoms with van der Waals surface area (Å²) in [5.74, 6) is 0.316. The van der Waals surface area contributed by atoms with Crippen LogP contribution in [0.25, 0.3) is 0 Å². The van der Waals surface area contributed by atoms with Gasteiger partial charge in [0, 0.05) is 18.0 Å². The van der Waals surface area contributed by atoms with Gasteiger partial charge in [0.2, 0.25) is 5.91 Å². The lowest BCUT2D eigenvalue weighted by Crippen LogP contribution is -2.46. The quantitative estimate of drug-likeness (QED) is 0.681. The van der Waals surface area contributed by atoms with E-state index in [1.165, 1.54) is 0 Å². The van der Waals surface area contributed by atoms with Gasteiger partial charge in [0.05, 0.1) is 0 Å². The summed E-state index contributed by atoms with van der Waals surface area (Å²) in [4.78, 5) is 11.8. The number of carbonyl (C=O) groups is 1. The molecule has 3 nitrogen and oxygen atoms in total. The minimum atomic E-state index is -0.321. The fourth-order valence-corrected chi connectivity index (χ4v) is 1.43. The zero-order chi connectivity index (χ0) is 11.9. The standard InChI is InChI=1S/C12H26N2O/c1-5-7-8-10(6-2)11(15)14-9-12(3,4)13/h10H,5-9,13H2,1-4H3,(H,14,15). The lowest BCUT2D eigenvalue weighted by atomic mass is 9.98. The topological polar surface area (TPSA) is 55.1 Å². The van der Waals surface area contributed by atoms with Crippen molar-refractivity contribution in [1.82, 2.24) is 5.32 Å². The third-order valence-corrected chi connectivity index (χ3v) is 2.49. The molecule has 0 aromatic rings. The van der Waals surface area contributed by atoms with Gasteiger partial charge in [-0.15, -0.1) is 0 Å². The van der Waals surface area contributed by atoms with Gasteiger partial charge in [-0.1, -0.05) is 26.7 Å². The predicted molar refractivity (Wildman–Crippen MR) is 64.6 cm³/mol. The number of nitrogens with one attached hydrogen (secondary N) is 1. The number of carbonyl (C=O) groups excluding carboxylic acids is 1. The van der Waals surface area contributed by atoms with E-state index in [4.69, 9.17) is 5.73 Å². The molecule has 0 spiro atoms. The highest BCUT2D eigenvalue weighted by Crippen LogP contribution is 2.12. The van der Waals surface area contributed by atoms with E-state index in [1.54, 1.807) is 0 Å². The van der Waals surface area contributed by atoms with Crippen LogP contribution in [0.15, 0.2) is 0 Å². The first-order valence-electron chi connectivity index (χ1n) is 5.97. The third kappa shape index (κ3) is 7.37. The molecule has 0 aliphatic rings. The number of hydrogen-bond donors (Lipinski definition) is 2. The minimum absolute atomic E-state index is 0.157. The summed E-state index contributed by atoms with van der Waals surface area (Å²) in [6, 6.07) is 0. The molecular weight excluding hydrogens is 188 g/mol. The van der Waals surface area contributed by atoms with Crippen LogP contribution >= 0.6 is 0 Å². The molecule has 1 atom stereocenters. The van der Waals surface area contributed by atoms with Gasteiger partial charge in [0.1, 0.15) is 0 Å². The van der Waals surface area contributed by atoms with Crippen LogP contribution in [-0.2, 0) is 4.79 Å². The van der Waals surface area contributed by atoms with E-state index >= 15 is 0 Å². The van der Waals surface area contributed by atoms with Crippen LogP contribution in [0, 0.1) is 5.92 Å². The normalized spacial score (nSPS) is 13.7. The lowest BCUT2D eigenvalue weighted by molar-refractivity contribution is -0.125. The lowest BCUT2D eigenvalue weighted by Gasteiger charge is -2.21. The number of hydrogen-bond acceptors (Lipinski definition) is 2. The van der Waals surface area contributed by atoms with Crippen molar-refractivity contribution < 1.29 is 4.79 Å². The average Bonchev–Trinajstić information content (AvgIpc) is 2.15. The number of rotatable bonds is 7. The molecule has 0 fully saturated rings. The van der Waals surface area contributed by atoms with Crippen molar-refractivity contribution in [3.05, 3.63) is 0 Å². The molecule has 3 heteroatoms. The average molecular weight is 214 g/mol. The van der Waals surface area contributed by atoms with Crippen molar-refractivity contribution in [3.8, 4) is 0 Å². The summed E-state index contributed by atoms with van der Waals surface area (Å²) in [7, 11) is 0. The van der Waals surface area contributed by atoms with Crippen molar-refractivity contribution in [2.45, 2.75) is 58.9 Å². The smallest absolute Gasteiger partial charge is 0.223 e. The largest absolute Gasteiger partial charge is 0.354 e. The van der Waals surface area contributed by atoms with E-state index in [0.29, 0.717) is 6.54 Å². The molecule has 0 rings (SSSR count). The van der Waals surface area contributed by atoms with Crippen molar-refractivity contribution in [2.24, 2.45) is 11.7 Å². The number of nitrogens with two attached hydrogens (primary N) is 1. The number of unbranched alkanes of at least 4 members (excludes halogenated alkanes) is 1. The van der Waals surface area contributed by atoms with Gasteiger partial charge in [0.15, 0.2) is 0 Å². The molecule has 15 heavy (non-hydrogen) atoms. The van der Waals surface area contributed by atoms with Crippen LogP contribution in [0.4, 0.5) is 0 Å².